The van der Waals surface area contributed by atoms with Gasteiger partial charge in [0, 0.05) is 18.5 Å². The molecule has 0 radical (unpaired) electrons. The lowest BCUT2D eigenvalue weighted by Gasteiger charge is -2.40. The van der Waals surface area contributed by atoms with Gasteiger partial charge < -0.3 is 19.4 Å². The summed E-state index contributed by atoms with van der Waals surface area (Å²) in [6.45, 7) is 2.77. The predicted octanol–water partition coefficient (Wildman–Crippen LogP) is 1.61. The Kier molecular flexibility index (Phi) is 3.53. The summed E-state index contributed by atoms with van der Waals surface area (Å²) in [4.78, 5) is 25.8. The molecule has 1 aromatic carbocycles. The summed E-state index contributed by atoms with van der Waals surface area (Å²) in [5.41, 5.74) is 0.948. The Hall–Kier alpha value is -2.41. The molecule has 126 valence electrons. The molecule has 0 saturated carbocycles. The third-order valence-corrected chi connectivity index (χ3v) is 4.68. The Morgan fingerprint density at radius 2 is 2.25 bits per heavy atom. The zero-order chi connectivity index (χ0) is 16.8. The highest BCUT2D eigenvalue weighted by molar-refractivity contribution is 5.97. The fourth-order valence-electron chi connectivity index (χ4n) is 3.37. The number of hydrogen-bond acceptors (Lipinski definition) is 4. The van der Waals surface area contributed by atoms with Crippen LogP contribution in [0.5, 0.6) is 0 Å². The molecule has 24 heavy (non-hydrogen) atoms. The number of morpholine rings is 1. The van der Waals surface area contributed by atoms with Crippen molar-refractivity contribution in [2.45, 2.75) is 25.5 Å². The zero-order valence-corrected chi connectivity index (χ0v) is 13.2. The van der Waals surface area contributed by atoms with Crippen LogP contribution in [0.4, 0.5) is 4.39 Å². The number of ether oxygens (including phenoxy) is 1. The summed E-state index contributed by atoms with van der Waals surface area (Å²) in [6.07, 6.45) is 0.576. The second-order valence-corrected chi connectivity index (χ2v) is 6.28. The van der Waals surface area contributed by atoms with Gasteiger partial charge in [-0.25, -0.2) is 4.39 Å². The highest BCUT2D eigenvalue weighted by Crippen LogP contribution is 2.27. The van der Waals surface area contributed by atoms with Gasteiger partial charge in [-0.05, 0) is 31.0 Å². The van der Waals surface area contributed by atoms with Crippen molar-refractivity contribution < 1.29 is 23.1 Å². The number of nitrogens with one attached hydrogen (secondary N) is 1. The van der Waals surface area contributed by atoms with Crippen molar-refractivity contribution in [2.75, 3.05) is 19.7 Å². The minimum atomic E-state index is -0.485. The second kappa shape index (κ2) is 5.59. The number of benzene rings is 1. The molecule has 3 heterocycles. The van der Waals surface area contributed by atoms with Crippen molar-refractivity contribution in [1.82, 2.24) is 10.2 Å². The summed E-state index contributed by atoms with van der Waals surface area (Å²) >= 11 is 0. The Bertz CT molecular complexity index is 792. The first-order chi connectivity index (χ1) is 11.5. The largest absolute Gasteiger partial charge is 0.448 e. The Morgan fingerprint density at radius 1 is 1.42 bits per heavy atom. The Labute approximate surface area is 137 Å². The van der Waals surface area contributed by atoms with Gasteiger partial charge in [-0.15, -0.1) is 0 Å². The molecule has 2 fully saturated rings. The average molecular weight is 332 g/mol. The van der Waals surface area contributed by atoms with E-state index in [1.165, 1.54) is 6.07 Å². The van der Waals surface area contributed by atoms with Crippen LogP contribution in [0.25, 0.3) is 11.0 Å². The van der Waals surface area contributed by atoms with E-state index < -0.39 is 5.82 Å². The SMILES string of the molecule is Cc1ccc(F)c2oc(C(=O)N3CC[C@@H]4OCC(=O)N[C@H]4C3)cc12. The summed E-state index contributed by atoms with van der Waals surface area (Å²) < 4.78 is 24.8. The molecule has 2 aliphatic rings. The van der Waals surface area contributed by atoms with Crippen molar-refractivity contribution >= 4 is 22.8 Å². The van der Waals surface area contributed by atoms with Gasteiger partial charge in [-0.2, -0.15) is 0 Å². The smallest absolute Gasteiger partial charge is 0.289 e. The number of furan rings is 1. The third-order valence-electron chi connectivity index (χ3n) is 4.68. The predicted molar refractivity (Wildman–Crippen MR) is 83.1 cm³/mol. The van der Waals surface area contributed by atoms with Gasteiger partial charge in [0.2, 0.25) is 5.91 Å². The normalized spacial score (nSPS) is 23.9. The first kappa shape index (κ1) is 15.1. The van der Waals surface area contributed by atoms with E-state index in [1.54, 1.807) is 17.0 Å². The second-order valence-electron chi connectivity index (χ2n) is 6.28. The molecule has 0 bridgehead atoms. The van der Waals surface area contributed by atoms with Crippen LogP contribution in [0.2, 0.25) is 0 Å². The number of fused-ring (bicyclic) bond motifs is 2. The van der Waals surface area contributed by atoms with Gasteiger partial charge >= 0.3 is 0 Å². The van der Waals surface area contributed by atoms with E-state index in [0.29, 0.717) is 24.9 Å². The van der Waals surface area contributed by atoms with Gasteiger partial charge in [-0.1, -0.05) is 6.07 Å². The molecule has 0 unspecified atom stereocenters. The van der Waals surface area contributed by atoms with Crippen LogP contribution in [0.15, 0.2) is 22.6 Å². The molecule has 1 aromatic heterocycles. The first-order valence-corrected chi connectivity index (χ1v) is 7.92. The molecule has 7 heteroatoms. The monoisotopic (exact) mass is 332 g/mol. The maximum Gasteiger partial charge on any atom is 0.289 e. The summed E-state index contributed by atoms with van der Waals surface area (Å²) in [5.74, 6) is -0.851. The number of amides is 2. The molecule has 2 aromatic rings. The Balaban J connectivity index is 1.59. The van der Waals surface area contributed by atoms with E-state index >= 15 is 0 Å². The highest BCUT2D eigenvalue weighted by atomic mass is 19.1. The van der Waals surface area contributed by atoms with E-state index in [0.717, 1.165) is 5.56 Å². The van der Waals surface area contributed by atoms with Gasteiger partial charge in [0.1, 0.15) is 6.61 Å². The Morgan fingerprint density at radius 3 is 3.04 bits per heavy atom. The molecule has 0 aliphatic carbocycles. The fraction of sp³-hybridized carbons (Fsp3) is 0.412. The topological polar surface area (TPSA) is 71.8 Å². The molecule has 0 spiro atoms. The maximum absolute atomic E-state index is 13.9. The van der Waals surface area contributed by atoms with E-state index in [9.17, 15) is 14.0 Å². The van der Waals surface area contributed by atoms with Crippen molar-refractivity contribution in [3.05, 3.63) is 35.3 Å². The number of carbonyl (C=O) groups excluding carboxylic acids is 2. The fourth-order valence-corrected chi connectivity index (χ4v) is 3.37. The molecular formula is C17H17FN2O4. The van der Waals surface area contributed by atoms with Crippen molar-refractivity contribution in [1.29, 1.82) is 0 Å². The van der Waals surface area contributed by atoms with Crippen LogP contribution in [0.1, 0.15) is 22.5 Å². The van der Waals surface area contributed by atoms with Crippen LogP contribution < -0.4 is 5.32 Å². The molecule has 2 saturated heterocycles. The lowest BCUT2D eigenvalue weighted by Crippen LogP contribution is -2.61. The van der Waals surface area contributed by atoms with Crippen LogP contribution in [0, 0.1) is 12.7 Å². The zero-order valence-electron chi connectivity index (χ0n) is 13.2. The molecule has 4 rings (SSSR count). The molecular weight excluding hydrogens is 315 g/mol. The lowest BCUT2D eigenvalue weighted by atomic mass is 10.0. The van der Waals surface area contributed by atoms with Crippen molar-refractivity contribution in [3.63, 3.8) is 0 Å². The molecule has 2 atom stereocenters. The summed E-state index contributed by atoms with van der Waals surface area (Å²) in [6, 6.07) is 4.35. The number of carbonyl (C=O) groups is 2. The average Bonchev–Trinajstić information content (AvgIpc) is 3.03. The van der Waals surface area contributed by atoms with Crippen molar-refractivity contribution in [3.8, 4) is 0 Å². The van der Waals surface area contributed by atoms with Gasteiger partial charge in [0.15, 0.2) is 17.2 Å². The number of halogens is 1. The molecule has 2 aliphatic heterocycles. The van der Waals surface area contributed by atoms with Crippen LogP contribution in [-0.4, -0.2) is 48.6 Å². The number of aryl methyl sites for hydroxylation is 1. The van der Waals surface area contributed by atoms with Crippen LogP contribution in [0.3, 0.4) is 0 Å². The number of likely N-dealkylation sites (tertiary alicyclic amines) is 1. The molecule has 2 amide bonds. The molecule has 6 nitrogen and oxygen atoms in total. The third kappa shape index (κ3) is 2.45. The number of piperidine rings is 1. The number of hydrogen-bond donors (Lipinski definition) is 1. The standard InChI is InChI=1S/C17H17FN2O4/c1-9-2-3-11(18)16-10(9)6-14(24-16)17(22)20-5-4-13-12(7-20)19-15(21)8-23-13/h2-3,6,12-13H,4-5,7-8H2,1H3,(H,19,21)/t12-,13-/m0/s1. The number of nitrogens with zero attached hydrogens (tertiary/aromatic N) is 1. The van der Waals surface area contributed by atoms with E-state index in [4.69, 9.17) is 9.15 Å². The highest BCUT2D eigenvalue weighted by Gasteiger charge is 2.37. The van der Waals surface area contributed by atoms with Gasteiger partial charge in [0.05, 0.1) is 12.1 Å². The molecule has 1 N–H and O–H groups in total. The summed E-state index contributed by atoms with van der Waals surface area (Å²) in [5, 5.41) is 3.45. The van der Waals surface area contributed by atoms with Gasteiger partial charge in [-0.3, -0.25) is 9.59 Å². The minimum absolute atomic E-state index is 0.0667. The minimum Gasteiger partial charge on any atom is -0.448 e. The van der Waals surface area contributed by atoms with Crippen LogP contribution in [-0.2, 0) is 9.53 Å². The van der Waals surface area contributed by atoms with E-state index in [1.807, 2.05) is 6.92 Å². The number of rotatable bonds is 1. The maximum atomic E-state index is 13.9. The van der Waals surface area contributed by atoms with Crippen molar-refractivity contribution in [2.24, 2.45) is 0 Å². The summed E-state index contributed by atoms with van der Waals surface area (Å²) in [7, 11) is 0. The quantitative estimate of drug-likeness (QED) is 0.861. The van der Waals surface area contributed by atoms with E-state index in [-0.39, 0.29) is 41.9 Å². The van der Waals surface area contributed by atoms with Gasteiger partial charge in [0.25, 0.3) is 5.91 Å². The van der Waals surface area contributed by atoms with Crippen LogP contribution >= 0.6 is 0 Å². The van der Waals surface area contributed by atoms with E-state index in [2.05, 4.69) is 5.32 Å². The lowest BCUT2D eigenvalue weighted by molar-refractivity contribution is -0.139. The first-order valence-electron chi connectivity index (χ1n) is 7.92.